The van der Waals surface area contributed by atoms with Gasteiger partial charge in [0.05, 0.1) is 17.5 Å². The number of aryl methyl sites for hydroxylation is 1. The minimum atomic E-state index is -0.600. The van der Waals surface area contributed by atoms with Gasteiger partial charge in [-0.15, -0.1) is 11.6 Å². The molecular formula is C12H12ClNO. The number of aromatic nitrogens is 1. The lowest BCUT2D eigenvalue weighted by atomic mass is 10.1. The molecule has 2 nitrogen and oxygen atoms in total. The molecule has 78 valence electrons. The van der Waals surface area contributed by atoms with Gasteiger partial charge in [-0.1, -0.05) is 12.1 Å². The third kappa shape index (κ3) is 2.11. The zero-order chi connectivity index (χ0) is 10.8. The van der Waals surface area contributed by atoms with Crippen LogP contribution in [0.15, 0.2) is 30.3 Å². The molecule has 1 unspecified atom stereocenters. The summed E-state index contributed by atoms with van der Waals surface area (Å²) in [5.41, 5.74) is 2.77. The summed E-state index contributed by atoms with van der Waals surface area (Å²) in [5, 5.41) is 10.6. The molecule has 2 aromatic rings. The van der Waals surface area contributed by atoms with Gasteiger partial charge in [0.2, 0.25) is 0 Å². The van der Waals surface area contributed by atoms with Crippen molar-refractivity contribution in [1.82, 2.24) is 4.98 Å². The number of alkyl halides is 1. The van der Waals surface area contributed by atoms with Crippen LogP contribution >= 0.6 is 11.6 Å². The molecule has 0 radical (unpaired) electrons. The smallest absolute Gasteiger partial charge is 0.0925 e. The van der Waals surface area contributed by atoms with Crippen LogP contribution in [0.1, 0.15) is 17.4 Å². The molecule has 0 aliphatic heterocycles. The average molecular weight is 222 g/mol. The molecule has 0 aliphatic carbocycles. The van der Waals surface area contributed by atoms with E-state index in [0.29, 0.717) is 0 Å². The molecule has 0 aliphatic rings. The van der Waals surface area contributed by atoms with Gasteiger partial charge < -0.3 is 5.11 Å². The van der Waals surface area contributed by atoms with Crippen molar-refractivity contribution < 1.29 is 5.11 Å². The summed E-state index contributed by atoms with van der Waals surface area (Å²) in [6, 6.07) is 9.66. The highest BCUT2D eigenvalue weighted by Gasteiger charge is 2.06. The first-order valence-electron chi connectivity index (χ1n) is 4.82. The number of benzene rings is 1. The van der Waals surface area contributed by atoms with E-state index in [-0.39, 0.29) is 5.88 Å². The number of pyridine rings is 1. The minimum absolute atomic E-state index is 0.213. The van der Waals surface area contributed by atoms with Gasteiger partial charge in [-0.25, -0.2) is 0 Å². The van der Waals surface area contributed by atoms with Crippen LogP contribution in [0.2, 0.25) is 0 Å². The number of hydrogen-bond donors (Lipinski definition) is 1. The fourth-order valence-corrected chi connectivity index (χ4v) is 1.72. The van der Waals surface area contributed by atoms with Crippen molar-refractivity contribution >= 4 is 22.5 Å². The predicted molar refractivity (Wildman–Crippen MR) is 62.2 cm³/mol. The monoisotopic (exact) mass is 221 g/mol. The van der Waals surface area contributed by atoms with Crippen LogP contribution in [0.5, 0.6) is 0 Å². The van der Waals surface area contributed by atoms with Crippen LogP contribution in [-0.4, -0.2) is 16.0 Å². The number of aliphatic hydroxyl groups excluding tert-OH is 1. The molecule has 0 saturated carbocycles. The van der Waals surface area contributed by atoms with E-state index in [2.05, 4.69) is 4.98 Å². The third-order valence-corrected chi connectivity index (χ3v) is 2.68. The van der Waals surface area contributed by atoms with Crippen LogP contribution in [0.3, 0.4) is 0 Å². The number of fused-ring (bicyclic) bond motifs is 1. The Labute approximate surface area is 93.5 Å². The lowest BCUT2D eigenvalue weighted by Gasteiger charge is -2.08. The Morgan fingerprint density at radius 1 is 1.33 bits per heavy atom. The maximum Gasteiger partial charge on any atom is 0.0925 e. The topological polar surface area (TPSA) is 33.1 Å². The second-order valence-electron chi connectivity index (χ2n) is 3.57. The fraction of sp³-hybridized carbons (Fsp3) is 0.250. The molecule has 2 rings (SSSR count). The summed E-state index contributed by atoms with van der Waals surface area (Å²) in [6.45, 7) is 1.96. The number of rotatable bonds is 2. The predicted octanol–water partition coefficient (Wildman–Crippen LogP) is 2.82. The molecule has 15 heavy (non-hydrogen) atoms. The molecule has 0 spiro atoms. The standard InChI is InChI=1S/C12H12ClNO/c1-8-2-3-9-6-10(12(15)7-13)4-5-11(9)14-8/h2-6,12,15H,7H2,1H3. The highest BCUT2D eigenvalue weighted by atomic mass is 35.5. The number of nitrogens with zero attached hydrogens (tertiary/aromatic N) is 1. The van der Waals surface area contributed by atoms with E-state index in [0.717, 1.165) is 22.2 Å². The van der Waals surface area contributed by atoms with E-state index >= 15 is 0 Å². The Morgan fingerprint density at radius 2 is 2.13 bits per heavy atom. The van der Waals surface area contributed by atoms with Crippen molar-refractivity contribution in [3.8, 4) is 0 Å². The first-order chi connectivity index (χ1) is 7.20. The minimum Gasteiger partial charge on any atom is -0.387 e. The molecule has 1 aromatic carbocycles. The lowest BCUT2D eigenvalue weighted by Crippen LogP contribution is -1.98. The Morgan fingerprint density at radius 3 is 2.87 bits per heavy atom. The third-order valence-electron chi connectivity index (χ3n) is 2.38. The van der Waals surface area contributed by atoms with Crippen LogP contribution < -0.4 is 0 Å². The molecule has 0 amide bonds. The molecule has 0 fully saturated rings. The van der Waals surface area contributed by atoms with Gasteiger partial charge in [-0.3, -0.25) is 4.98 Å². The quantitative estimate of drug-likeness (QED) is 0.792. The number of aliphatic hydroxyl groups is 1. The van der Waals surface area contributed by atoms with Gasteiger partial charge in [-0.2, -0.15) is 0 Å². The molecular weight excluding hydrogens is 210 g/mol. The second kappa shape index (κ2) is 4.17. The Balaban J connectivity index is 2.52. The normalized spacial score (nSPS) is 13.0. The number of halogens is 1. The lowest BCUT2D eigenvalue weighted by molar-refractivity contribution is 0.203. The average Bonchev–Trinajstić information content (AvgIpc) is 2.27. The molecule has 1 atom stereocenters. The van der Waals surface area contributed by atoms with E-state index in [1.54, 1.807) is 0 Å². The summed E-state index contributed by atoms with van der Waals surface area (Å²) >= 11 is 5.60. The Kier molecular flexibility index (Phi) is 2.89. The van der Waals surface area contributed by atoms with Crippen LogP contribution in [-0.2, 0) is 0 Å². The maximum absolute atomic E-state index is 9.59. The van der Waals surface area contributed by atoms with Gasteiger partial charge >= 0.3 is 0 Å². The van der Waals surface area contributed by atoms with Crippen molar-refractivity contribution in [2.24, 2.45) is 0 Å². The summed E-state index contributed by atoms with van der Waals surface area (Å²) < 4.78 is 0. The van der Waals surface area contributed by atoms with Crippen LogP contribution in [0, 0.1) is 6.92 Å². The van der Waals surface area contributed by atoms with Crippen molar-refractivity contribution in [3.63, 3.8) is 0 Å². The first kappa shape index (κ1) is 10.4. The summed E-state index contributed by atoms with van der Waals surface area (Å²) in [7, 11) is 0. The zero-order valence-corrected chi connectivity index (χ0v) is 9.20. The van der Waals surface area contributed by atoms with Gasteiger partial charge in [-0.05, 0) is 30.7 Å². The van der Waals surface area contributed by atoms with Gasteiger partial charge in [0.15, 0.2) is 0 Å². The number of hydrogen-bond acceptors (Lipinski definition) is 2. The second-order valence-corrected chi connectivity index (χ2v) is 3.88. The SMILES string of the molecule is Cc1ccc2cc(C(O)CCl)ccc2n1. The molecule has 1 aromatic heterocycles. The van der Waals surface area contributed by atoms with E-state index < -0.39 is 6.10 Å². The van der Waals surface area contributed by atoms with Crippen molar-refractivity contribution in [2.75, 3.05) is 5.88 Å². The molecule has 1 heterocycles. The van der Waals surface area contributed by atoms with Crippen molar-refractivity contribution in [3.05, 3.63) is 41.6 Å². The summed E-state index contributed by atoms with van der Waals surface area (Å²) in [5.74, 6) is 0.213. The van der Waals surface area contributed by atoms with Gasteiger partial charge in [0, 0.05) is 11.1 Å². The largest absolute Gasteiger partial charge is 0.387 e. The van der Waals surface area contributed by atoms with E-state index in [9.17, 15) is 5.11 Å². The van der Waals surface area contributed by atoms with E-state index in [1.165, 1.54) is 0 Å². The van der Waals surface area contributed by atoms with E-state index in [1.807, 2.05) is 37.3 Å². The zero-order valence-electron chi connectivity index (χ0n) is 8.44. The Hall–Kier alpha value is -1.12. The first-order valence-corrected chi connectivity index (χ1v) is 5.35. The highest BCUT2D eigenvalue weighted by molar-refractivity contribution is 6.18. The fourth-order valence-electron chi connectivity index (χ4n) is 1.54. The molecule has 3 heteroatoms. The van der Waals surface area contributed by atoms with Crippen molar-refractivity contribution in [1.29, 1.82) is 0 Å². The van der Waals surface area contributed by atoms with Crippen LogP contribution in [0.4, 0.5) is 0 Å². The highest BCUT2D eigenvalue weighted by Crippen LogP contribution is 2.20. The van der Waals surface area contributed by atoms with Gasteiger partial charge in [0.1, 0.15) is 0 Å². The molecule has 0 bridgehead atoms. The summed E-state index contributed by atoms with van der Waals surface area (Å²) in [6.07, 6.45) is -0.600. The molecule has 1 N–H and O–H groups in total. The Bertz CT molecular complexity index is 484. The van der Waals surface area contributed by atoms with Crippen molar-refractivity contribution in [2.45, 2.75) is 13.0 Å². The van der Waals surface area contributed by atoms with E-state index in [4.69, 9.17) is 11.6 Å². The summed E-state index contributed by atoms with van der Waals surface area (Å²) in [4.78, 5) is 4.39. The molecule has 0 saturated heterocycles. The van der Waals surface area contributed by atoms with Gasteiger partial charge in [0.25, 0.3) is 0 Å². The maximum atomic E-state index is 9.59. The van der Waals surface area contributed by atoms with Crippen LogP contribution in [0.25, 0.3) is 10.9 Å².